The van der Waals surface area contributed by atoms with Crippen molar-refractivity contribution >= 4 is 35.1 Å². The van der Waals surface area contributed by atoms with Crippen molar-refractivity contribution in [2.75, 3.05) is 0 Å². The summed E-state index contributed by atoms with van der Waals surface area (Å²) in [5.74, 6) is -1.34. The lowest BCUT2D eigenvalue weighted by molar-refractivity contribution is -0.149. The fraction of sp³-hybridized carbons (Fsp3) is 0.467. The fourth-order valence-electron chi connectivity index (χ4n) is 2.72. The zero-order chi connectivity index (χ0) is 15.5. The summed E-state index contributed by atoms with van der Waals surface area (Å²) >= 11 is 12.1. The third-order valence-corrected chi connectivity index (χ3v) is 4.60. The molecule has 0 heterocycles. The van der Waals surface area contributed by atoms with Crippen molar-refractivity contribution in [2.45, 2.75) is 44.1 Å². The van der Waals surface area contributed by atoms with Crippen LogP contribution in [0.5, 0.6) is 0 Å². The Kier molecular flexibility index (Phi) is 5.12. The maximum Gasteiger partial charge on any atom is 0.329 e. The number of nitrogens with one attached hydrogen (secondary N) is 1. The normalized spacial score (nSPS) is 17.2. The molecule has 0 aliphatic heterocycles. The minimum atomic E-state index is -1.15. The summed E-state index contributed by atoms with van der Waals surface area (Å²) in [6.45, 7) is 0. The van der Waals surface area contributed by atoms with Crippen molar-refractivity contribution in [3.05, 3.63) is 33.8 Å². The molecule has 1 saturated carbocycles. The minimum Gasteiger partial charge on any atom is -0.480 e. The maximum atomic E-state index is 12.2. The van der Waals surface area contributed by atoms with E-state index in [4.69, 9.17) is 23.2 Å². The predicted molar refractivity (Wildman–Crippen MR) is 81.8 cm³/mol. The monoisotopic (exact) mass is 329 g/mol. The van der Waals surface area contributed by atoms with Gasteiger partial charge in [0.15, 0.2) is 0 Å². The van der Waals surface area contributed by atoms with E-state index in [1.807, 2.05) is 0 Å². The van der Waals surface area contributed by atoms with Gasteiger partial charge in [0.25, 0.3) is 0 Å². The lowest BCUT2D eigenvalue weighted by Crippen LogP contribution is -2.56. The summed E-state index contributed by atoms with van der Waals surface area (Å²) in [7, 11) is 0. The number of amides is 1. The molecule has 0 spiro atoms. The molecular formula is C15H17Cl2NO3. The fourth-order valence-corrected chi connectivity index (χ4v) is 3.25. The first-order valence-electron chi connectivity index (χ1n) is 6.92. The average Bonchev–Trinajstić information content (AvgIpc) is 2.44. The molecule has 0 unspecified atom stereocenters. The largest absolute Gasteiger partial charge is 0.480 e. The molecule has 21 heavy (non-hydrogen) atoms. The van der Waals surface area contributed by atoms with Crippen molar-refractivity contribution in [3.8, 4) is 0 Å². The number of hydrogen-bond acceptors (Lipinski definition) is 2. The van der Waals surface area contributed by atoms with Crippen LogP contribution in [0, 0.1) is 0 Å². The summed E-state index contributed by atoms with van der Waals surface area (Å²) in [5.41, 5.74) is -0.627. The molecule has 0 bridgehead atoms. The van der Waals surface area contributed by atoms with E-state index in [1.165, 1.54) is 0 Å². The Morgan fingerprint density at radius 1 is 1.14 bits per heavy atom. The van der Waals surface area contributed by atoms with Crippen LogP contribution < -0.4 is 5.32 Å². The van der Waals surface area contributed by atoms with Gasteiger partial charge in [0.1, 0.15) is 5.54 Å². The van der Waals surface area contributed by atoms with Gasteiger partial charge >= 0.3 is 5.97 Å². The highest BCUT2D eigenvalue weighted by molar-refractivity contribution is 6.36. The Bertz CT molecular complexity index is 534. The molecule has 1 aromatic rings. The number of hydrogen-bond donors (Lipinski definition) is 2. The van der Waals surface area contributed by atoms with E-state index in [0.29, 0.717) is 28.5 Å². The van der Waals surface area contributed by atoms with Crippen molar-refractivity contribution in [1.29, 1.82) is 0 Å². The van der Waals surface area contributed by atoms with Crippen molar-refractivity contribution < 1.29 is 14.7 Å². The van der Waals surface area contributed by atoms with Crippen LogP contribution in [-0.4, -0.2) is 22.5 Å². The zero-order valence-corrected chi connectivity index (χ0v) is 13.0. The molecule has 0 aromatic heterocycles. The lowest BCUT2D eigenvalue weighted by Gasteiger charge is -2.34. The first kappa shape index (κ1) is 16.1. The Labute approximate surface area is 133 Å². The standard InChI is InChI=1S/C15H17Cl2NO3/c16-11-5-4-6-12(17)10(11)9-13(19)18-15(14(20)21)7-2-1-3-8-15/h4-6H,1-3,7-9H2,(H,18,19)(H,20,21). The second-order valence-corrected chi connectivity index (χ2v) is 6.19. The van der Waals surface area contributed by atoms with Gasteiger partial charge in [0, 0.05) is 10.0 Å². The Hall–Kier alpha value is -1.26. The van der Waals surface area contributed by atoms with Crippen molar-refractivity contribution in [1.82, 2.24) is 5.32 Å². The van der Waals surface area contributed by atoms with Crippen LogP contribution in [-0.2, 0) is 16.0 Å². The number of carboxylic acids is 1. The van der Waals surface area contributed by atoms with E-state index in [-0.39, 0.29) is 12.3 Å². The molecule has 2 rings (SSSR count). The molecule has 6 heteroatoms. The molecule has 1 amide bonds. The van der Waals surface area contributed by atoms with Crippen LogP contribution >= 0.6 is 23.2 Å². The highest BCUT2D eigenvalue weighted by atomic mass is 35.5. The van der Waals surface area contributed by atoms with E-state index < -0.39 is 11.5 Å². The second-order valence-electron chi connectivity index (χ2n) is 5.37. The summed E-state index contributed by atoms with van der Waals surface area (Å²) in [6, 6.07) is 5.01. The zero-order valence-electron chi connectivity index (χ0n) is 11.5. The second kappa shape index (κ2) is 6.67. The van der Waals surface area contributed by atoms with E-state index in [2.05, 4.69) is 5.32 Å². The highest BCUT2D eigenvalue weighted by Crippen LogP contribution is 2.29. The topological polar surface area (TPSA) is 66.4 Å². The van der Waals surface area contributed by atoms with Crippen LogP contribution in [0.2, 0.25) is 10.0 Å². The van der Waals surface area contributed by atoms with Gasteiger partial charge in [-0.2, -0.15) is 0 Å². The third-order valence-electron chi connectivity index (χ3n) is 3.89. The molecule has 1 aliphatic rings. The van der Waals surface area contributed by atoms with Gasteiger partial charge in [-0.25, -0.2) is 4.79 Å². The molecular weight excluding hydrogens is 313 g/mol. The van der Waals surface area contributed by atoms with Crippen molar-refractivity contribution in [3.63, 3.8) is 0 Å². The Balaban J connectivity index is 2.11. The van der Waals surface area contributed by atoms with Gasteiger partial charge in [0.05, 0.1) is 6.42 Å². The van der Waals surface area contributed by atoms with Gasteiger partial charge in [-0.3, -0.25) is 4.79 Å². The van der Waals surface area contributed by atoms with Crippen LogP contribution in [0.1, 0.15) is 37.7 Å². The third kappa shape index (κ3) is 3.69. The van der Waals surface area contributed by atoms with Gasteiger partial charge in [0.2, 0.25) is 5.91 Å². The number of benzene rings is 1. The Morgan fingerprint density at radius 3 is 2.24 bits per heavy atom. The molecule has 0 saturated heterocycles. The number of halogens is 2. The van der Waals surface area contributed by atoms with Crippen LogP contribution in [0.4, 0.5) is 0 Å². The average molecular weight is 330 g/mol. The lowest BCUT2D eigenvalue weighted by atomic mass is 9.81. The highest BCUT2D eigenvalue weighted by Gasteiger charge is 2.40. The van der Waals surface area contributed by atoms with Gasteiger partial charge in [-0.05, 0) is 30.5 Å². The minimum absolute atomic E-state index is 0.0203. The van der Waals surface area contributed by atoms with Crippen LogP contribution in [0.15, 0.2) is 18.2 Å². The van der Waals surface area contributed by atoms with E-state index in [9.17, 15) is 14.7 Å². The van der Waals surface area contributed by atoms with E-state index >= 15 is 0 Å². The van der Waals surface area contributed by atoms with E-state index in [0.717, 1.165) is 19.3 Å². The van der Waals surface area contributed by atoms with E-state index in [1.54, 1.807) is 18.2 Å². The predicted octanol–water partition coefficient (Wildman–Crippen LogP) is 3.44. The molecule has 114 valence electrons. The summed E-state index contributed by atoms with van der Waals surface area (Å²) in [6.07, 6.45) is 3.52. The van der Waals surface area contributed by atoms with Crippen molar-refractivity contribution in [2.24, 2.45) is 0 Å². The van der Waals surface area contributed by atoms with Crippen LogP contribution in [0.25, 0.3) is 0 Å². The van der Waals surface area contributed by atoms with Gasteiger partial charge < -0.3 is 10.4 Å². The first-order valence-corrected chi connectivity index (χ1v) is 7.67. The first-order chi connectivity index (χ1) is 9.94. The number of carbonyl (C=O) groups is 2. The quantitative estimate of drug-likeness (QED) is 0.889. The van der Waals surface area contributed by atoms with Gasteiger partial charge in [-0.1, -0.05) is 48.5 Å². The molecule has 1 aliphatic carbocycles. The van der Waals surface area contributed by atoms with Crippen LogP contribution in [0.3, 0.4) is 0 Å². The molecule has 1 aromatic carbocycles. The Morgan fingerprint density at radius 2 is 1.71 bits per heavy atom. The number of carboxylic acid groups (broad SMARTS) is 1. The number of aliphatic carboxylic acids is 1. The smallest absolute Gasteiger partial charge is 0.329 e. The molecule has 0 atom stereocenters. The SMILES string of the molecule is O=C(Cc1c(Cl)cccc1Cl)NC1(C(=O)O)CCCCC1. The molecule has 1 fully saturated rings. The molecule has 4 nitrogen and oxygen atoms in total. The molecule has 0 radical (unpaired) electrons. The molecule has 2 N–H and O–H groups in total. The summed E-state index contributed by atoms with van der Waals surface area (Å²) in [5, 5.41) is 12.9. The van der Waals surface area contributed by atoms with Gasteiger partial charge in [-0.15, -0.1) is 0 Å². The number of carbonyl (C=O) groups excluding carboxylic acids is 1. The maximum absolute atomic E-state index is 12.2. The number of rotatable bonds is 4. The summed E-state index contributed by atoms with van der Waals surface area (Å²) in [4.78, 5) is 23.7. The summed E-state index contributed by atoms with van der Waals surface area (Å²) < 4.78 is 0.